The van der Waals surface area contributed by atoms with Crippen LogP contribution < -0.4 is 4.90 Å². The molecule has 0 fully saturated rings. The molecule has 0 saturated heterocycles. The quantitative estimate of drug-likeness (QED) is 0.801. The van der Waals surface area contributed by atoms with E-state index in [-0.39, 0.29) is 5.92 Å². The van der Waals surface area contributed by atoms with Gasteiger partial charge in [-0.05, 0) is 18.5 Å². The highest BCUT2D eigenvalue weighted by molar-refractivity contribution is 5.25. The molecule has 1 N–H and O–H groups in total. The summed E-state index contributed by atoms with van der Waals surface area (Å²) >= 11 is 0. The Hall–Kier alpha value is -1.10. The lowest BCUT2D eigenvalue weighted by Crippen LogP contribution is -2.18. The van der Waals surface area contributed by atoms with Crippen molar-refractivity contribution in [3.05, 3.63) is 5.89 Å². The smallest absolute Gasteiger partial charge is 0.265 e. The molecule has 0 saturated carbocycles. The fraction of sp³-hybridized carbons (Fsp3) is 0.800. The van der Waals surface area contributed by atoms with Crippen molar-refractivity contribution in [2.45, 2.75) is 39.2 Å². The zero-order chi connectivity index (χ0) is 11.4. The molecule has 1 aromatic heterocycles. The SMILES string of the molecule is CCC(O)C(C)c1nc(N(C)CC)no1. The molecule has 0 aliphatic heterocycles. The third kappa shape index (κ3) is 2.68. The lowest BCUT2D eigenvalue weighted by atomic mass is 10.0. The molecule has 1 rings (SSSR count). The summed E-state index contributed by atoms with van der Waals surface area (Å²) in [6.07, 6.45) is 0.257. The number of rotatable bonds is 5. The van der Waals surface area contributed by atoms with E-state index in [9.17, 15) is 5.11 Å². The van der Waals surface area contributed by atoms with Gasteiger partial charge in [0.05, 0.1) is 12.0 Å². The fourth-order valence-corrected chi connectivity index (χ4v) is 1.23. The van der Waals surface area contributed by atoms with Crippen molar-refractivity contribution in [3.8, 4) is 0 Å². The second-order valence-electron chi connectivity index (χ2n) is 3.71. The van der Waals surface area contributed by atoms with Gasteiger partial charge in [-0.15, -0.1) is 0 Å². The molecular weight excluding hydrogens is 194 g/mol. The van der Waals surface area contributed by atoms with Crippen LogP contribution in [-0.4, -0.2) is 34.9 Å². The third-order valence-electron chi connectivity index (χ3n) is 2.63. The second-order valence-corrected chi connectivity index (χ2v) is 3.71. The second kappa shape index (κ2) is 5.11. The number of nitrogens with zero attached hydrogens (tertiary/aromatic N) is 3. The first-order chi connectivity index (χ1) is 7.10. The minimum atomic E-state index is -0.426. The van der Waals surface area contributed by atoms with Gasteiger partial charge in [0, 0.05) is 13.6 Å². The molecule has 1 aromatic rings. The zero-order valence-corrected chi connectivity index (χ0v) is 9.77. The summed E-state index contributed by atoms with van der Waals surface area (Å²) in [5.41, 5.74) is 0. The van der Waals surface area contributed by atoms with Crippen LogP contribution in [0.4, 0.5) is 5.95 Å². The molecule has 15 heavy (non-hydrogen) atoms. The van der Waals surface area contributed by atoms with Crippen molar-refractivity contribution in [3.63, 3.8) is 0 Å². The first-order valence-corrected chi connectivity index (χ1v) is 5.32. The van der Waals surface area contributed by atoms with Crippen molar-refractivity contribution < 1.29 is 9.63 Å². The maximum atomic E-state index is 9.64. The van der Waals surface area contributed by atoms with Gasteiger partial charge in [-0.25, -0.2) is 0 Å². The number of aliphatic hydroxyl groups is 1. The molecule has 0 aromatic carbocycles. The molecule has 0 aliphatic rings. The molecule has 5 nitrogen and oxygen atoms in total. The Bertz CT molecular complexity index is 301. The summed E-state index contributed by atoms with van der Waals surface area (Å²) in [5, 5.41) is 13.5. The number of hydrogen-bond acceptors (Lipinski definition) is 5. The van der Waals surface area contributed by atoms with Crippen LogP contribution >= 0.6 is 0 Å². The minimum Gasteiger partial charge on any atom is -0.392 e. The van der Waals surface area contributed by atoms with E-state index in [0.717, 1.165) is 6.54 Å². The van der Waals surface area contributed by atoms with Crippen LogP contribution in [0.3, 0.4) is 0 Å². The highest BCUT2D eigenvalue weighted by Gasteiger charge is 2.21. The molecule has 0 amide bonds. The van der Waals surface area contributed by atoms with Crippen LogP contribution in [0.15, 0.2) is 4.52 Å². The van der Waals surface area contributed by atoms with E-state index in [4.69, 9.17) is 4.52 Å². The molecule has 5 heteroatoms. The first kappa shape index (κ1) is 12.0. The van der Waals surface area contributed by atoms with Crippen LogP contribution in [-0.2, 0) is 0 Å². The number of aromatic nitrogens is 2. The summed E-state index contributed by atoms with van der Waals surface area (Å²) < 4.78 is 5.11. The van der Waals surface area contributed by atoms with Crippen molar-refractivity contribution in [1.29, 1.82) is 0 Å². The van der Waals surface area contributed by atoms with Crippen molar-refractivity contribution in [2.24, 2.45) is 0 Å². The first-order valence-electron chi connectivity index (χ1n) is 5.32. The maximum absolute atomic E-state index is 9.64. The predicted octanol–water partition coefficient (Wildman–Crippen LogP) is 1.40. The standard InChI is InChI=1S/C10H19N3O2/c1-5-8(14)7(3)9-11-10(12-15-9)13(4)6-2/h7-8,14H,5-6H2,1-4H3. The van der Waals surface area contributed by atoms with E-state index < -0.39 is 6.10 Å². The molecule has 0 aliphatic carbocycles. The number of anilines is 1. The van der Waals surface area contributed by atoms with E-state index in [1.54, 1.807) is 0 Å². The highest BCUT2D eigenvalue weighted by Crippen LogP contribution is 2.21. The van der Waals surface area contributed by atoms with Crippen LogP contribution in [0, 0.1) is 0 Å². The van der Waals surface area contributed by atoms with Gasteiger partial charge >= 0.3 is 0 Å². The van der Waals surface area contributed by atoms with E-state index in [2.05, 4.69) is 10.1 Å². The summed E-state index contributed by atoms with van der Waals surface area (Å²) in [4.78, 5) is 6.13. The van der Waals surface area contributed by atoms with Crippen molar-refractivity contribution >= 4 is 5.95 Å². The lowest BCUT2D eigenvalue weighted by molar-refractivity contribution is 0.129. The Balaban J connectivity index is 2.75. The Labute approximate surface area is 90.1 Å². The average molecular weight is 213 g/mol. The highest BCUT2D eigenvalue weighted by atomic mass is 16.5. The third-order valence-corrected chi connectivity index (χ3v) is 2.63. The molecule has 86 valence electrons. The number of aliphatic hydroxyl groups excluding tert-OH is 1. The molecule has 1 heterocycles. The van der Waals surface area contributed by atoms with Gasteiger partial charge in [-0.1, -0.05) is 13.8 Å². The van der Waals surface area contributed by atoms with Crippen molar-refractivity contribution in [1.82, 2.24) is 10.1 Å². The van der Waals surface area contributed by atoms with Gasteiger partial charge in [-0.3, -0.25) is 0 Å². The summed E-state index contributed by atoms with van der Waals surface area (Å²) in [6.45, 7) is 6.65. The topological polar surface area (TPSA) is 62.4 Å². The van der Waals surface area contributed by atoms with Crippen LogP contribution in [0.25, 0.3) is 0 Å². The maximum Gasteiger partial charge on any atom is 0.265 e. The average Bonchev–Trinajstić information content (AvgIpc) is 2.75. The van der Waals surface area contributed by atoms with Gasteiger partial charge < -0.3 is 14.5 Å². The largest absolute Gasteiger partial charge is 0.392 e. The summed E-state index contributed by atoms with van der Waals surface area (Å²) in [6, 6.07) is 0. The monoisotopic (exact) mass is 213 g/mol. The van der Waals surface area contributed by atoms with Crippen LogP contribution in [0.2, 0.25) is 0 Å². The van der Waals surface area contributed by atoms with E-state index in [1.165, 1.54) is 0 Å². The normalized spacial score (nSPS) is 15.0. The minimum absolute atomic E-state index is 0.110. The van der Waals surface area contributed by atoms with Gasteiger partial charge in [0.1, 0.15) is 0 Å². The van der Waals surface area contributed by atoms with Crippen LogP contribution in [0.1, 0.15) is 39.0 Å². The zero-order valence-electron chi connectivity index (χ0n) is 9.77. The molecular formula is C10H19N3O2. The molecule has 0 bridgehead atoms. The molecule has 2 atom stereocenters. The van der Waals surface area contributed by atoms with E-state index in [1.807, 2.05) is 32.7 Å². The molecule has 2 unspecified atom stereocenters. The predicted molar refractivity (Wildman–Crippen MR) is 58.0 cm³/mol. The van der Waals surface area contributed by atoms with Crippen LogP contribution in [0.5, 0.6) is 0 Å². The Morgan fingerprint density at radius 3 is 2.67 bits per heavy atom. The fourth-order valence-electron chi connectivity index (χ4n) is 1.23. The number of hydrogen-bond donors (Lipinski definition) is 1. The summed E-state index contributed by atoms with van der Waals surface area (Å²) in [7, 11) is 1.90. The van der Waals surface area contributed by atoms with E-state index in [0.29, 0.717) is 18.3 Å². The van der Waals surface area contributed by atoms with Gasteiger partial charge in [0.25, 0.3) is 5.95 Å². The van der Waals surface area contributed by atoms with Gasteiger partial charge in [0.15, 0.2) is 0 Å². The Morgan fingerprint density at radius 2 is 2.13 bits per heavy atom. The van der Waals surface area contributed by atoms with Crippen molar-refractivity contribution in [2.75, 3.05) is 18.5 Å². The molecule has 0 radical (unpaired) electrons. The lowest BCUT2D eigenvalue weighted by Gasteiger charge is -2.12. The van der Waals surface area contributed by atoms with E-state index >= 15 is 0 Å². The van der Waals surface area contributed by atoms with Gasteiger partial charge in [-0.2, -0.15) is 4.98 Å². The molecule has 0 spiro atoms. The summed E-state index contributed by atoms with van der Waals surface area (Å²) in [5.74, 6) is 0.962. The Morgan fingerprint density at radius 1 is 1.47 bits per heavy atom. The Kier molecular flexibility index (Phi) is 4.08. The van der Waals surface area contributed by atoms with Gasteiger partial charge in [0.2, 0.25) is 5.89 Å².